The van der Waals surface area contributed by atoms with Gasteiger partial charge in [0.1, 0.15) is 11.3 Å². The molecule has 204 valence electrons. The number of anilines is 1. The molecule has 0 spiro atoms. The van der Waals surface area contributed by atoms with Gasteiger partial charge in [0.05, 0.1) is 32.7 Å². The van der Waals surface area contributed by atoms with Crippen molar-refractivity contribution in [3.63, 3.8) is 0 Å². The lowest BCUT2D eigenvalue weighted by Gasteiger charge is -2.26. The molecule has 3 aromatic rings. The number of nitro benzene ring substituents is 2. The van der Waals surface area contributed by atoms with E-state index in [2.05, 4.69) is 21.2 Å². The number of phenols is 1. The Bertz CT molecular complexity index is 1600. The zero-order valence-electron chi connectivity index (χ0n) is 20.3. The topological polar surface area (TPSA) is 191 Å². The highest BCUT2D eigenvalue weighted by atomic mass is 79.9. The van der Waals surface area contributed by atoms with E-state index in [4.69, 9.17) is 9.47 Å². The van der Waals surface area contributed by atoms with Gasteiger partial charge >= 0.3 is 11.7 Å². The number of carbonyl (C=O) groups is 3. The predicted molar refractivity (Wildman–Crippen MR) is 142 cm³/mol. The molecule has 0 atom stereocenters. The Morgan fingerprint density at radius 1 is 1.00 bits per heavy atom. The predicted octanol–water partition coefficient (Wildman–Crippen LogP) is 4.83. The summed E-state index contributed by atoms with van der Waals surface area (Å²) in [6, 6.07) is 9.95. The highest BCUT2D eigenvalue weighted by Crippen LogP contribution is 2.43. The SMILES string of the molecule is CCOc1cc(/C=C2\C(=O)NC(=O)N(c3ccc(O)cc3)C2=O)cc(Br)c1Oc1ccc([N+](=O)[O-])cc1[N+](=O)[O-]. The lowest BCUT2D eigenvalue weighted by molar-refractivity contribution is -0.394. The maximum Gasteiger partial charge on any atom is 0.335 e. The second-order valence-corrected chi connectivity index (χ2v) is 8.86. The third-order valence-electron chi connectivity index (χ3n) is 5.41. The van der Waals surface area contributed by atoms with Gasteiger partial charge in [0.2, 0.25) is 5.75 Å². The average Bonchev–Trinajstić information content (AvgIpc) is 2.89. The molecule has 1 fully saturated rings. The quantitative estimate of drug-likeness (QED) is 0.154. The normalized spacial score (nSPS) is 14.2. The van der Waals surface area contributed by atoms with Crippen LogP contribution in [0.25, 0.3) is 6.08 Å². The van der Waals surface area contributed by atoms with Gasteiger partial charge in [-0.05, 0) is 77.0 Å². The summed E-state index contributed by atoms with van der Waals surface area (Å²) >= 11 is 3.30. The number of aromatic hydroxyl groups is 1. The molecule has 15 heteroatoms. The summed E-state index contributed by atoms with van der Waals surface area (Å²) in [5.41, 5.74) is -1.16. The number of barbiturate groups is 1. The van der Waals surface area contributed by atoms with Gasteiger partial charge in [0.15, 0.2) is 11.5 Å². The molecule has 1 aliphatic rings. The minimum Gasteiger partial charge on any atom is -0.508 e. The van der Waals surface area contributed by atoms with E-state index < -0.39 is 39.1 Å². The van der Waals surface area contributed by atoms with Crippen LogP contribution in [0.15, 0.2) is 64.6 Å². The summed E-state index contributed by atoms with van der Waals surface area (Å²) < 4.78 is 11.5. The van der Waals surface area contributed by atoms with Gasteiger partial charge in [-0.25, -0.2) is 9.69 Å². The van der Waals surface area contributed by atoms with E-state index in [-0.39, 0.29) is 50.9 Å². The van der Waals surface area contributed by atoms with Crippen molar-refractivity contribution in [3.05, 3.63) is 90.4 Å². The number of ether oxygens (including phenoxy) is 2. The Morgan fingerprint density at radius 3 is 2.33 bits per heavy atom. The van der Waals surface area contributed by atoms with Crippen LogP contribution in [-0.4, -0.2) is 39.4 Å². The first-order valence-corrected chi connectivity index (χ1v) is 12.1. The van der Waals surface area contributed by atoms with Crippen LogP contribution in [0.3, 0.4) is 0 Å². The molecule has 4 rings (SSSR count). The summed E-state index contributed by atoms with van der Waals surface area (Å²) in [6.07, 6.45) is 1.21. The lowest BCUT2D eigenvalue weighted by Crippen LogP contribution is -2.54. The standard InChI is InChI=1S/C25H17BrN4O10/c1-2-39-21-11-13(9-17-23(32)27-25(34)28(24(17)33)14-3-6-16(31)7-4-14)10-18(26)22(21)40-20-8-5-15(29(35)36)12-19(20)30(37)38/h3-12,31H,2H2,1H3,(H,27,32,34)/b17-9+. The average molecular weight is 613 g/mol. The molecule has 0 bridgehead atoms. The van der Waals surface area contributed by atoms with Crippen LogP contribution in [0.4, 0.5) is 21.9 Å². The van der Waals surface area contributed by atoms with Gasteiger partial charge in [-0.1, -0.05) is 0 Å². The van der Waals surface area contributed by atoms with E-state index in [0.717, 1.165) is 23.1 Å². The molecular formula is C25H17BrN4O10. The Kier molecular flexibility index (Phi) is 7.76. The first-order valence-electron chi connectivity index (χ1n) is 11.3. The van der Waals surface area contributed by atoms with E-state index in [9.17, 15) is 39.7 Å². The van der Waals surface area contributed by atoms with E-state index in [1.54, 1.807) is 6.92 Å². The summed E-state index contributed by atoms with van der Waals surface area (Å²) in [5, 5.41) is 34.2. The molecule has 3 aromatic carbocycles. The van der Waals surface area contributed by atoms with Crippen LogP contribution >= 0.6 is 15.9 Å². The number of urea groups is 1. The highest BCUT2D eigenvalue weighted by Gasteiger charge is 2.37. The van der Waals surface area contributed by atoms with Crippen LogP contribution in [-0.2, 0) is 9.59 Å². The minimum absolute atomic E-state index is 0.0127. The maximum absolute atomic E-state index is 13.2. The van der Waals surface area contributed by atoms with Gasteiger partial charge in [0, 0.05) is 6.07 Å². The summed E-state index contributed by atoms with van der Waals surface area (Å²) in [6.45, 7) is 1.80. The van der Waals surface area contributed by atoms with Crippen LogP contribution in [0, 0.1) is 20.2 Å². The fourth-order valence-corrected chi connectivity index (χ4v) is 4.19. The number of nitrogens with zero attached hydrogens (tertiary/aromatic N) is 3. The summed E-state index contributed by atoms with van der Waals surface area (Å²) in [7, 11) is 0. The van der Waals surface area contributed by atoms with Crippen molar-refractivity contribution < 1.29 is 38.8 Å². The molecule has 40 heavy (non-hydrogen) atoms. The molecule has 0 radical (unpaired) electrons. The molecule has 0 aromatic heterocycles. The molecule has 0 saturated carbocycles. The van der Waals surface area contributed by atoms with Crippen LogP contribution in [0.2, 0.25) is 0 Å². The number of non-ortho nitro benzene ring substituents is 1. The Morgan fingerprint density at radius 2 is 1.70 bits per heavy atom. The molecule has 1 aliphatic heterocycles. The zero-order valence-corrected chi connectivity index (χ0v) is 21.9. The van der Waals surface area contributed by atoms with Crippen molar-refractivity contribution in [1.82, 2.24) is 5.32 Å². The van der Waals surface area contributed by atoms with Gasteiger partial charge in [-0.2, -0.15) is 0 Å². The second kappa shape index (κ2) is 11.2. The number of halogens is 1. The number of benzene rings is 3. The first-order chi connectivity index (χ1) is 19.0. The molecule has 14 nitrogen and oxygen atoms in total. The Balaban J connectivity index is 1.74. The van der Waals surface area contributed by atoms with Gasteiger partial charge in [-0.3, -0.25) is 35.1 Å². The van der Waals surface area contributed by atoms with E-state index in [0.29, 0.717) is 0 Å². The fourth-order valence-electron chi connectivity index (χ4n) is 3.65. The van der Waals surface area contributed by atoms with Crippen LogP contribution in [0.1, 0.15) is 12.5 Å². The number of nitrogens with one attached hydrogen (secondary N) is 1. The number of amides is 4. The summed E-state index contributed by atoms with van der Waals surface area (Å²) in [4.78, 5) is 59.8. The number of hydrogen-bond acceptors (Lipinski definition) is 10. The number of carbonyl (C=O) groups excluding carboxylic acids is 3. The fraction of sp³-hybridized carbons (Fsp3) is 0.0800. The van der Waals surface area contributed by atoms with Gasteiger partial charge in [0.25, 0.3) is 17.5 Å². The van der Waals surface area contributed by atoms with Crippen LogP contribution < -0.4 is 19.7 Å². The third kappa shape index (κ3) is 5.58. The van der Waals surface area contributed by atoms with E-state index >= 15 is 0 Å². The van der Waals surface area contributed by atoms with Gasteiger partial charge < -0.3 is 14.6 Å². The van der Waals surface area contributed by atoms with Crippen LogP contribution in [0.5, 0.6) is 23.0 Å². The number of hydrogen-bond donors (Lipinski definition) is 2. The van der Waals surface area contributed by atoms with Crippen molar-refractivity contribution in [3.8, 4) is 23.0 Å². The van der Waals surface area contributed by atoms with Crippen molar-refractivity contribution in [2.75, 3.05) is 11.5 Å². The number of nitro groups is 2. The number of imide groups is 2. The largest absolute Gasteiger partial charge is 0.508 e. The minimum atomic E-state index is -0.970. The lowest BCUT2D eigenvalue weighted by atomic mass is 10.1. The zero-order chi connectivity index (χ0) is 29.1. The van der Waals surface area contributed by atoms with Gasteiger partial charge in [-0.15, -0.1) is 0 Å². The number of phenolic OH excluding ortho intramolecular Hbond substituents is 1. The van der Waals surface area contributed by atoms with Crippen molar-refractivity contribution >= 4 is 56.9 Å². The maximum atomic E-state index is 13.2. The van der Waals surface area contributed by atoms with E-state index in [1.807, 2.05) is 0 Å². The Hall–Kier alpha value is -5.31. The number of rotatable bonds is 8. The van der Waals surface area contributed by atoms with Crippen molar-refractivity contribution in [2.45, 2.75) is 6.92 Å². The molecule has 2 N–H and O–H groups in total. The molecule has 4 amide bonds. The second-order valence-electron chi connectivity index (χ2n) is 8.01. The highest BCUT2D eigenvalue weighted by molar-refractivity contribution is 9.10. The first kappa shape index (κ1) is 27.7. The molecule has 1 heterocycles. The smallest absolute Gasteiger partial charge is 0.335 e. The molecule has 1 saturated heterocycles. The molecule has 0 unspecified atom stereocenters. The monoisotopic (exact) mass is 612 g/mol. The summed E-state index contributed by atoms with van der Waals surface area (Å²) in [5.74, 6) is -2.20. The molecule has 0 aliphatic carbocycles. The van der Waals surface area contributed by atoms with Crippen molar-refractivity contribution in [2.24, 2.45) is 0 Å². The molecular weight excluding hydrogens is 596 g/mol. The Labute approximate surface area is 232 Å². The van der Waals surface area contributed by atoms with Crippen molar-refractivity contribution in [1.29, 1.82) is 0 Å². The van der Waals surface area contributed by atoms with E-state index in [1.165, 1.54) is 42.5 Å². The third-order valence-corrected chi connectivity index (χ3v) is 6.00.